The van der Waals surface area contributed by atoms with Crippen LogP contribution in [0.5, 0.6) is 0 Å². The summed E-state index contributed by atoms with van der Waals surface area (Å²) in [5, 5.41) is 5.65. The van der Waals surface area contributed by atoms with Gasteiger partial charge in [0, 0.05) is 25.9 Å². The Labute approximate surface area is 104 Å². The number of hydrogen-bond donors (Lipinski definition) is 2. The fourth-order valence-electron chi connectivity index (χ4n) is 1.98. The van der Waals surface area contributed by atoms with Gasteiger partial charge in [0.2, 0.25) is 11.8 Å². The lowest BCUT2D eigenvalue weighted by Crippen LogP contribution is -2.25. The van der Waals surface area contributed by atoms with Gasteiger partial charge in [0.05, 0.1) is 0 Å². The summed E-state index contributed by atoms with van der Waals surface area (Å²) in [6, 6.07) is 0. The average molecular weight is 240 g/mol. The first-order valence-corrected chi connectivity index (χ1v) is 6.82. The number of amides is 2. The normalized spacial score (nSPS) is 21.9. The van der Waals surface area contributed by atoms with E-state index in [1.807, 2.05) is 0 Å². The minimum absolute atomic E-state index is 0.225. The Bertz CT molecular complexity index is 222. The van der Waals surface area contributed by atoms with Gasteiger partial charge in [-0.15, -0.1) is 0 Å². The van der Waals surface area contributed by atoms with Gasteiger partial charge in [-0.3, -0.25) is 9.59 Å². The topological polar surface area (TPSA) is 58.2 Å². The van der Waals surface area contributed by atoms with Gasteiger partial charge in [-0.25, -0.2) is 0 Å². The maximum absolute atomic E-state index is 10.7. The number of carbonyl (C=O) groups is 2. The molecule has 4 heteroatoms. The number of carbonyl (C=O) groups excluding carboxylic acids is 2. The van der Waals surface area contributed by atoms with E-state index in [0.717, 1.165) is 51.6 Å². The summed E-state index contributed by atoms with van der Waals surface area (Å²) < 4.78 is 0. The highest BCUT2D eigenvalue weighted by Crippen LogP contribution is 2.04. The van der Waals surface area contributed by atoms with E-state index >= 15 is 0 Å². The third kappa shape index (κ3) is 7.77. The highest BCUT2D eigenvalue weighted by atomic mass is 16.2. The molecule has 0 aromatic rings. The number of nitrogens with one attached hydrogen (secondary N) is 2. The van der Waals surface area contributed by atoms with Crippen molar-refractivity contribution in [1.29, 1.82) is 0 Å². The minimum Gasteiger partial charge on any atom is -0.356 e. The van der Waals surface area contributed by atoms with Gasteiger partial charge in [-0.1, -0.05) is 19.3 Å². The Morgan fingerprint density at radius 3 is 1.53 bits per heavy atom. The van der Waals surface area contributed by atoms with E-state index in [1.165, 1.54) is 19.3 Å². The van der Waals surface area contributed by atoms with Crippen LogP contribution in [0.3, 0.4) is 0 Å². The van der Waals surface area contributed by atoms with E-state index in [2.05, 4.69) is 10.6 Å². The summed E-state index contributed by atoms with van der Waals surface area (Å²) in [5.74, 6) is 0.456. The Kier molecular flexibility index (Phi) is 7.43. The Hall–Kier alpha value is -1.06. The van der Waals surface area contributed by atoms with Crippen LogP contribution in [0.1, 0.15) is 57.8 Å². The van der Waals surface area contributed by atoms with Crippen LogP contribution >= 0.6 is 0 Å². The first-order valence-electron chi connectivity index (χ1n) is 6.82. The van der Waals surface area contributed by atoms with E-state index in [-0.39, 0.29) is 11.8 Å². The van der Waals surface area contributed by atoms with E-state index in [0.29, 0.717) is 0 Å². The maximum atomic E-state index is 10.7. The Balaban J connectivity index is 0.000000171. The van der Waals surface area contributed by atoms with Crippen LogP contribution in [-0.4, -0.2) is 24.9 Å². The van der Waals surface area contributed by atoms with E-state index in [9.17, 15) is 9.59 Å². The molecule has 2 aliphatic rings. The fourth-order valence-corrected chi connectivity index (χ4v) is 1.98. The number of hydrogen-bond acceptors (Lipinski definition) is 2. The standard InChI is InChI=1S/C7H13NO.C6H11NO/c9-7-5-3-1-2-4-6-8-7;8-6-4-2-1-3-5-7-6/h1-6H2,(H,8,9);1-5H2,(H,7,8). The molecule has 0 aliphatic carbocycles. The first kappa shape index (κ1) is 14.0. The highest BCUT2D eigenvalue weighted by Gasteiger charge is 2.03. The predicted octanol–water partition coefficient (Wildman–Crippen LogP) is 1.74. The van der Waals surface area contributed by atoms with Crippen LogP contribution in [-0.2, 0) is 9.59 Å². The molecule has 2 amide bonds. The van der Waals surface area contributed by atoms with Crippen LogP contribution in [0.4, 0.5) is 0 Å². The third-order valence-corrected chi connectivity index (χ3v) is 3.06. The van der Waals surface area contributed by atoms with Gasteiger partial charge in [0.15, 0.2) is 0 Å². The SMILES string of the molecule is O=C1CCCCCCN1.O=C1CCCCCN1. The smallest absolute Gasteiger partial charge is 0.219 e. The molecule has 0 saturated carbocycles. The summed E-state index contributed by atoms with van der Waals surface area (Å²) in [5.41, 5.74) is 0. The van der Waals surface area contributed by atoms with Gasteiger partial charge in [-0.2, -0.15) is 0 Å². The molecule has 0 bridgehead atoms. The average Bonchev–Trinajstić information content (AvgIpc) is 2.52. The molecule has 0 radical (unpaired) electrons. The molecule has 2 fully saturated rings. The van der Waals surface area contributed by atoms with E-state index in [1.54, 1.807) is 0 Å². The molecule has 0 unspecified atom stereocenters. The summed E-state index contributed by atoms with van der Waals surface area (Å²) >= 11 is 0. The molecule has 2 saturated heterocycles. The molecule has 2 rings (SSSR count). The van der Waals surface area contributed by atoms with E-state index < -0.39 is 0 Å². The summed E-state index contributed by atoms with van der Waals surface area (Å²) in [6.07, 6.45) is 9.65. The zero-order chi connectivity index (χ0) is 12.3. The molecular weight excluding hydrogens is 216 g/mol. The predicted molar refractivity (Wildman–Crippen MR) is 67.6 cm³/mol. The van der Waals surface area contributed by atoms with Crippen molar-refractivity contribution < 1.29 is 9.59 Å². The van der Waals surface area contributed by atoms with Crippen molar-refractivity contribution in [3.8, 4) is 0 Å². The van der Waals surface area contributed by atoms with Crippen LogP contribution in [0, 0.1) is 0 Å². The second-order valence-corrected chi connectivity index (χ2v) is 4.67. The zero-order valence-corrected chi connectivity index (χ0v) is 10.6. The molecule has 2 heterocycles. The Morgan fingerprint density at radius 1 is 0.588 bits per heavy atom. The fraction of sp³-hybridized carbons (Fsp3) is 0.846. The van der Waals surface area contributed by atoms with Gasteiger partial charge in [0.25, 0.3) is 0 Å². The lowest BCUT2D eigenvalue weighted by molar-refractivity contribution is -0.122. The minimum atomic E-state index is 0.225. The molecule has 0 spiro atoms. The van der Waals surface area contributed by atoms with Crippen molar-refractivity contribution in [3.05, 3.63) is 0 Å². The van der Waals surface area contributed by atoms with Gasteiger partial charge < -0.3 is 10.6 Å². The molecule has 0 aromatic heterocycles. The summed E-state index contributed by atoms with van der Waals surface area (Å²) in [7, 11) is 0. The monoisotopic (exact) mass is 240 g/mol. The molecular formula is C13H24N2O2. The van der Waals surface area contributed by atoms with Crippen LogP contribution in [0.15, 0.2) is 0 Å². The van der Waals surface area contributed by atoms with Crippen LogP contribution < -0.4 is 10.6 Å². The molecule has 98 valence electrons. The molecule has 0 aromatic carbocycles. The van der Waals surface area contributed by atoms with Crippen molar-refractivity contribution in [2.24, 2.45) is 0 Å². The lowest BCUT2D eigenvalue weighted by atomic mass is 10.1. The van der Waals surface area contributed by atoms with E-state index in [4.69, 9.17) is 0 Å². The number of rotatable bonds is 0. The largest absolute Gasteiger partial charge is 0.356 e. The van der Waals surface area contributed by atoms with Crippen molar-refractivity contribution in [2.75, 3.05) is 13.1 Å². The maximum Gasteiger partial charge on any atom is 0.219 e. The highest BCUT2D eigenvalue weighted by molar-refractivity contribution is 5.76. The molecule has 2 N–H and O–H groups in total. The van der Waals surface area contributed by atoms with Gasteiger partial charge in [-0.05, 0) is 25.7 Å². The van der Waals surface area contributed by atoms with Gasteiger partial charge in [0.1, 0.15) is 0 Å². The first-order chi connectivity index (χ1) is 8.29. The molecule has 17 heavy (non-hydrogen) atoms. The molecule has 0 atom stereocenters. The van der Waals surface area contributed by atoms with Crippen molar-refractivity contribution in [2.45, 2.75) is 57.8 Å². The quantitative estimate of drug-likeness (QED) is 0.677. The second-order valence-electron chi connectivity index (χ2n) is 4.67. The van der Waals surface area contributed by atoms with Gasteiger partial charge >= 0.3 is 0 Å². The van der Waals surface area contributed by atoms with Crippen LogP contribution in [0.2, 0.25) is 0 Å². The van der Waals surface area contributed by atoms with Crippen LogP contribution in [0.25, 0.3) is 0 Å². The summed E-state index contributed by atoms with van der Waals surface area (Å²) in [4.78, 5) is 21.3. The Morgan fingerprint density at radius 2 is 1.00 bits per heavy atom. The third-order valence-electron chi connectivity index (χ3n) is 3.06. The van der Waals surface area contributed by atoms with Crippen molar-refractivity contribution in [1.82, 2.24) is 10.6 Å². The van der Waals surface area contributed by atoms with Crippen molar-refractivity contribution >= 4 is 11.8 Å². The molecule has 2 aliphatic heterocycles. The molecule has 4 nitrogen and oxygen atoms in total. The summed E-state index contributed by atoms with van der Waals surface area (Å²) in [6.45, 7) is 1.78. The lowest BCUT2D eigenvalue weighted by Gasteiger charge is -2.08. The second kappa shape index (κ2) is 9.02. The van der Waals surface area contributed by atoms with Crippen molar-refractivity contribution in [3.63, 3.8) is 0 Å². The zero-order valence-electron chi connectivity index (χ0n) is 10.6.